The average molecular weight is 306 g/mol. The van der Waals surface area contributed by atoms with Crippen molar-refractivity contribution >= 4 is 29.2 Å². The first-order chi connectivity index (χ1) is 8.81. The van der Waals surface area contributed by atoms with Crippen molar-refractivity contribution in [1.82, 2.24) is 4.90 Å². The van der Waals surface area contributed by atoms with E-state index in [2.05, 4.69) is 0 Å². The first kappa shape index (κ1) is 16.1. The fourth-order valence-electron chi connectivity index (χ4n) is 1.57. The van der Waals surface area contributed by atoms with E-state index in [-0.39, 0.29) is 6.10 Å². The highest BCUT2D eigenvalue weighted by atomic mass is 35.5. The number of hydrogen-bond acceptors (Lipinski definition) is 3. The maximum absolute atomic E-state index is 10.8. The number of hydrogen-bond donors (Lipinski definition) is 1. The Balaban J connectivity index is 2.57. The van der Waals surface area contributed by atoms with Gasteiger partial charge in [-0.25, -0.2) is 0 Å². The monoisotopic (exact) mass is 305 g/mol. The van der Waals surface area contributed by atoms with Gasteiger partial charge in [0.2, 0.25) is 0 Å². The molecule has 0 bridgehead atoms. The largest absolute Gasteiger partial charge is 0.489 e. The zero-order valence-electron chi connectivity index (χ0n) is 11.1. The van der Waals surface area contributed by atoms with E-state index in [1.54, 1.807) is 37.1 Å². The number of carboxylic acid groups (broad SMARTS) is 1. The molecule has 1 N–H and O–H groups in total. The molecule has 1 aromatic rings. The van der Waals surface area contributed by atoms with Gasteiger partial charge in [0, 0.05) is 12.6 Å². The van der Waals surface area contributed by atoms with Crippen molar-refractivity contribution in [1.29, 1.82) is 0 Å². The number of benzene rings is 1. The Morgan fingerprint density at radius 2 is 2.00 bits per heavy atom. The van der Waals surface area contributed by atoms with Crippen molar-refractivity contribution in [3.63, 3.8) is 0 Å². The van der Waals surface area contributed by atoms with E-state index in [0.717, 1.165) is 0 Å². The zero-order valence-corrected chi connectivity index (χ0v) is 12.6. The SMILES string of the molecule is CC(CN(C)C(C)C(=O)O)Oc1ccc(Cl)c(Cl)c1. The minimum Gasteiger partial charge on any atom is -0.489 e. The predicted molar refractivity (Wildman–Crippen MR) is 76.3 cm³/mol. The van der Waals surface area contributed by atoms with Crippen molar-refractivity contribution in [2.24, 2.45) is 0 Å². The predicted octanol–water partition coefficient (Wildman–Crippen LogP) is 3.17. The van der Waals surface area contributed by atoms with Crippen LogP contribution in [0, 0.1) is 0 Å². The van der Waals surface area contributed by atoms with Crippen LogP contribution in [0.1, 0.15) is 13.8 Å². The number of aliphatic carboxylic acids is 1. The van der Waals surface area contributed by atoms with Gasteiger partial charge in [0.1, 0.15) is 17.9 Å². The van der Waals surface area contributed by atoms with Gasteiger partial charge in [0.15, 0.2) is 0 Å². The van der Waals surface area contributed by atoms with Gasteiger partial charge in [0.25, 0.3) is 0 Å². The first-order valence-corrected chi connectivity index (χ1v) is 6.61. The lowest BCUT2D eigenvalue weighted by atomic mass is 10.2. The number of likely N-dealkylation sites (N-methyl/N-ethyl adjacent to an activating group) is 1. The van der Waals surface area contributed by atoms with Crippen molar-refractivity contribution in [2.75, 3.05) is 13.6 Å². The summed E-state index contributed by atoms with van der Waals surface area (Å²) in [6.45, 7) is 4.00. The highest BCUT2D eigenvalue weighted by Gasteiger charge is 2.19. The molecule has 0 amide bonds. The van der Waals surface area contributed by atoms with Crippen LogP contribution in [0.3, 0.4) is 0 Å². The fourth-order valence-corrected chi connectivity index (χ4v) is 1.86. The van der Waals surface area contributed by atoms with Crippen LogP contribution in [0.4, 0.5) is 0 Å². The summed E-state index contributed by atoms with van der Waals surface area (Å²) in [5.41, 5.74) is 0. The third kappa shape index (κ3) is 4.90. The second kappa shape index (κ2) is 6.98. The fraction of sp³-hybridized carbons (Fsp3) is 0.462. The molecular weight excluding hydrogens is 289 g/mol. The van der Waals surface area contributed by atoms with Gasteiger partial charge in [-0.3, -0.25) is 9.69 Å². The topological polar surface area (TPSA) is 49.8 Å². The smallest absolute Gasteiger partial charge is 0.320 e. The molecule has 0 saturated carbocycles. The van der Waals surface area contributed by atoms with Crippen LogP contribution in [0.15, 0.2) is 18.2 Å². The normalized spacial score (nSPS) is 14.2. The number of carbonyl (C=O) groups is 1. The Kier molecular flexibility index (Phi) is 5.91. The van der Waals surface area contributed by atoms with Crippen LogP contribution in [0.2, 0.25) is 10.0 Å². The lowest BCUT2D eigenvalue weighted by molar-refractivity contribution is -0.142. The van der Waals surface area contributed by atoms with Crippen molar-refractivity contribution in [2.45, 2.75) is 26.0 Å². The van der Waals surface area contributed by atoms with Crippen molar-refractivity contribution < 1.29 is 14.6 Å². The molecule has 1 aromatic carbocycles. The number of ether oxygens (including phenoxy) is 1. The van der Waals surface area contributed by atoms with Gasteiger partial charge in [-0.05, 0) is 33.0 Å². The molecule has 6 heteroatoms. The number of carboxylic acids is 1. The Bertz CT molecular complexity index is 454. The molecule has 4 nitrogen and oxygen atoms in total. The quantitative estimate of drug-likeness (QED) is 0.877. The van der Waals surface area contributed by atoms with Gasteiger partial charge < -0.3 is 9.84 Å². The molecule has 0 aromatic heterocycles. The molecule has 0 fully saturated rings. The third-order valence-electron chi connectivity index (χ3n) is 2.79. The standard InChI is InChI=1S/C13H17Cl2NO3/c1-8(7-16(3)9(2)13(17)18)19-10-4-5-11(14)12(15)6-10/h4-6,8-9H,7H2,1-3H3,(H,17,18). The minimum atomic E-state index is -0.857. The molecule has 1 rings (SSSR count). The molecule has 0 aliphatic heterocycles. The summed E-state index contributed by atoms with van der Waals surface area (Å²) in [7, 11) is 1.74. The first-order valence-electron chi connectivity index (χ1n) is 5.86. The highest BCUT2D eigenvalue weighted by Crippen LogP contribution is 2.26. The Morgan fingerprint density at radius 1 is 1.37 bits per heavy atom. The molecule has 0 radical (unpaired) electrons. The Hall–Kier alpha value is -0.970. The lowest BCUT2D eigenvalue weighted by Gasteiger charge is -2.25. The van der Waals surface area contributed by atoms with Crippen LogP contribution in [0.25, 0.3) is 0 Å². The zero-order chi connectivity index (χ0) is 14.6. The van der Waals surface area contributed by atoms with Crippen LogP contribution in [0.5, 0.6) is 5.75 Å². The van der Waals surface area contributed by atoms with Gasteiger partial charge in [-0.2, -0.15) is 0 Å². The van der Waals surface area contributed by atoms with E-state index in [9.17, 15) is 4.79 Å². The third-order valence-corrected chi connectivity index (χ3v) is 3.53. The molecule has 0 saturated heterocycles. The molecule has 2 unspecified atom stereocenters. The summed E-state index contributed by atoms with van der Waals surface area (Å²) in [5, 5.41) is 9.81. The Morgan fingerprint density at radius 3 is 2.53 bits per heavy atom. The van der Waals surface area contributed by atoms with Gasteiger partial charge >= 0.3 is 5.97 Å². The van der Waals surface area contributed by atoms with E-state index in [4.69, 9.17) is 33.0 Å². The molecule has 0 spiro atoms. The number of rotatable bonds is 6. The average Bonchev–Trinajstić information content (AvgIpc) is 2.32. The van der Waals surface area contributed by atoms with Gasteiger partial charge in [-0.15, -0.1) is 0 Å². The van der Waals surface area contributed by atoms with Crippen LogP contribution in [-0.2, 0) is 4.79 Å². The number of nitrogens with zero attached hydrogens (tertiary/aromatic N) is 1. The summed E-state index contributed by atoms with van der Waals surface area (Å²) < 4.78 is 5.67. The second-order valence-corrected chi connectivity index (χ2v) is 5.27. The van der Waals surface area contributed by atoms with Gasteiger partial charge in [0.05, 0.1) is 10.0 Å². The van der Waals surface area contributed by atoms with Crippen molar-refractivity contribution in [3.8, 4) is 5.75 Å². The summed E-state index contributed by atoms with van der Waals surface area (Å²) in [4.78, 5) is 12.6. The molecule has 0 aliphatic carbocycles. The van der Waals surface area contributed by atoms with E-state index in [1.165, 1.54) is 0 Å². The highest BCUT2D eigenvalue weighted by molar-refractivity contribution is 6.42. The maximum atomic E-state index is 10.8. The van der Waals surface area contributed by atoms with Crippen LogP contribution >= 0.6 is 23.2 Å². The van der Waals surface area contributed by atoms with Crippen molar-refractivity contribution in [3.05, 3.63) is 28.2 Å². The molecule has 0 heterocycles. The van der Waals surface area contributed by atoms with Crippen LogP contribution < -0.4 is 4.74 Å². The van der Waals surface area contributed by atoms with E-state index < -0.39 is 12.0 Å². The van der Waals surface area contributed by atoms with E-state index >= 15 is 0 Å². The summed E-state index contributed by atoms with van der Waals surface area (Å²) in [5.74, 6) is -0.248. The van der Waals surface area contributed by atoms with E-state index in [1.807, 2.05) is 6.92 Å². The molecule has 2 atom stereocenters. The minimum absolute atomic E-state index is 0.163. The van der Waals surface area contributed by atoms with Crippen LogP contribution in [-0.4, -0.2) is 41.7 Å². The summed E-state index contributed by atoms with van der Waals surface area (Å²) in [6, 6.07) is 4.47. The number of halogens is 2. The molecular formula is C13H17Cl2NO3. The van der Waals surface area contributed by atoms with E-state index in [0.29, 0.717) is 22.3 Å². The lowest BCUT2D eigenvalue weighted by Crippen LogP contribution is -2.41. The molecule has 106 valence electrons. The second-order valence-electron chi connectivity index (χ2n) is 4.46. The summed E-state index contributed by atoms with van der Waals surface area (Å²) in [6.07, 6.45) is -0.163. The maximum Gasteiger partial charge on any atom is 0.320 e. The Labute approximate surface area is 122 Å². The molecule has 19 heavy (non-hydrogen) atoms. The molecule has 0 aliphatic rings. The summed E-state index contributed by atoms with van der Waals surface area (Å²) >= 11 is 11.7. The van der Waals surface area contributed by atoms with Gasteiger partial charge in [-0.1, -0.05) is 23.2 Å².